The summed E-state index contributed by atoms with van der Waals surface area (Å²) in [5.74, 6) is -0.0933. The van der Waals surface area contributed by atoms with Gasteiger partial charge in [-0.2, -0.15) is 0 Å². The molecule has 0 aliphatic carbocycles. The smallest absolute Gasteiger partial charge is 0.251 e. The van der Waals surface area contributed by atoms with Crippen LogP contribution in [0.25, 0.3) is 0 Å². The van der Waals surface area contributed by atoms with E-state index in [1.165, 1.54) is 0 Å². The van der Waals surface area contributed by atoms with E-state index in [0.29, 0.717) is 17.1 Å². The van der Waals surface area contributed by atoms with E-state index in [-0.39, 0.29) is 5.91 Å². The Morgan fingerprint density at radius 2 is 1.85 bits per heavy atom. The lowest BCUT2D eigenvalue weighted by atomic mass is 10.1. The van der Waals surface area contributed by atoms with Crippen LogP contribution in [-0.2, 0) is 6.54 Å². The number of carbonyl (C=O) groups excluding carboxylic acids is 1. The fraction of sp³-hybridized carbons (Fsp3) is 0.0667. The second-order valence-corrected chi connectivity index (χ2v) is 5.94. The van der Waals surface area contributed by atoms with Crippen LogP contribution in [0.1, 0.15) is 21.5 Å². The van der Waals surface area contributed by atoms with Crippen molar-refractivity contribution >= 4 is 45.7 Å². The van der Waals surface area contributed by atoms with E-state index in [4.69, 9.17) is 18.0 Å². The van der Waals surface area contributed by atoms with E-state index in [9.17, 15) is 4.79 Å². The molecule has 102 valence electrons. The van der Waals surface area contributed by atoms with Crippen LogP contribution in [-0.4, -0.2) is 10.9 Å². The van der Waals surface area contributed by atoms with Gasteiger partial charge in [-0.15, -0.1) is 0 Å². The summed E-state index contributed by atoms with van der Waals surface area (Å²) >= 11 is 7.12. The van der Waals surface area contributed by atoms with E-state index >= 15 is 0 Å². The van der Waals surface area contributed by atoms with Crippen LogP contribution >= 0.6 is 34.8 Å². The standard InChI is InChI=1S/C15H13IN2OS/c16-13-6-2-5-12(8-13)15(19)18-9-10-3-1-4-11(7-10)14(17)20/h1-8H,9H2,(H2,17,20)(H,18,19). The molecule has 0 spiro atoms. The molecule has 0 saturated carbocycles. The van der Waals surface area contributed by atoms with Gasteiger partial charge in [-0.1, -0.05) is 36.5 Å². The van der Waals surface area contributed by atoms with E-state index in [2.05, 4.69) is 27.9 Å². The molecule has 20 heavy (non-hydrogen) atoms. The molecule has 3 N–H and O–H groups in total. The molecule has 5 heteroatoms. The van der Waals surface area contributed by atoms with Crippen LogP contribution in [0, 0.1) is 3.57 Å². The molecule has 0 saturated heterocycles. The second-order valence-electron chi connectivity index (χ2n) is 4.26. The Balaban J connectivity index is 2.03. The third kappa shape index (κ3) is 4.01. The predicted octanol–water partition coefficient (Wildman–Crippen LogP) is 2.86. The molecule has 0 bridgehead atoms. The number of amides is 1. The first-order valence-corrected chi connectivity index (χ1v) is 7.47. The summed E-state index contributed by atoms with van der Waals surface area (Å²) in [5, 5.41) is 2.88. The van der Waals surface area contributed by atoms with Crippen molar-refractivity contribution in [2.75, 3.05) is 0 Å². The summed E-state index contributed by atoms with van der Waals surface area (Å²) in [6.07, 6.45) is 0. The minimum atomic E-state index is -0.0933. The summed E-state index contributed by atoms with van der Waals surface area (Å²) < 4.78 is 1.03. The van der Waals surface area contributed by atoms with Gasteiger partial charge in [0.05, 0.1) is 0 Å². The van der Waals surface area contributed by atoms with Gasteiger partial charge in [0.1, 0.15) is 4.99 Å². The fourth-order valence-corrected chi connectivity index (χ4v) is 2.42. The molecule has 0 atom stereocenters. The molecule has 1 amide bonds. The molecule has 2 aromatic carbocycles. The lowest BCUT2D eigenvalue weighted by Crippen LogP contribution is -2.23. The first-order chi connectivity index (χ1) is 9.56. The van der Waals surface area contributed by atoms with Gasteiger partial charge in [-0.05, 0) is 52.4 Å². The van der Waals surface area contributed by atoms with Gasteiger partial charge in [0.25, 0.3) is 5.91 Å². The SMILES string of the molecule is NC(=S)c1cccc(CNC(=O)c2cccc(I)c2)c1. The van der Waals surface area contributed by atoms with Gasteiger partial charge in [0, 0.05) is 21.2 Å². The fourth-order valence-electron chi connectivity index (χ4n) is 1.75. The summed E-state index contributed by atoms with van der Waals surface area (Å²) in [5.41, 5.74) is 8.02. The van der Waals surface area contributed by atoms with Gasteiger partial charge in [0.2, 0.25) is 0 Å². The van der Waals surface area contributed by atoms with Crippen LogP contribution in [0.5, 0.6) is 0 Å². The van der Waals surface area contributed by atoms with E-state index < -0.39 is 0 Å². The molecule has 0 unspecified atom stereocenters. The first-order valence-electron chi connectivity index (χ1n) is 5.99. The number of nitrogens with two attached hydrogens (primary N) is 1. The Bertz CT molecular complexity index is 658. The number of nitrogens with one attached hydrogen (secondary N) is 1. The zero-order chi connectivity index (χ0) is 14.5. The Morgan fingerprint density at radius 3 is 2.55 bits per heavy atom. The Morgan fingerprint density at radius 1 is 1.15 bits per heavy atom. The topological polar surface area (TPSA) is 55.1 Å². The monoisotopic (exact) mass is 396 g/mol. The normalized spacial score (nSPS) is 10.1. The van der Waals surface area contributed by atoms with Gasteiger partial charge < -0.3 is 11.1 Å². The van der Waals surface area contributed by atoms with Crippen molar-refractivity contribution in [3.63, 3.8) is 0 Å². The highest BCUT2D eigenvalue weighted by atomic mass is 127. The van der Waals surface area contributed by atoms with Crippen LogP contribution < -0.4 is 11.1 Å². The van der Waals surface area contributed by atoms with Gasteiger partial charge in [-0.25, -0.2) is 0 Å². The van der Waals surface area contributed by atoms with E-state index in [1.54, 1.807) is 6.07 Å². The van der Waals surface area contributed by atoms with Crippen LogP contribution in [0.2, 0.25) is 0 Å². The molecule has 0 aromatic heterocycles. The molecule has 2 aromatic rings. The van der Waals surface area contributed by atoms with Gasteiger partial charge >= 0.3 is 0 Å². The number of hydrogen-bond acceptors (Lipinski definition) is 2. The molecular weight excluding hydrogens is 383 g/mol. The molecule has 3 nitrogen and oxygen atoms in total. The molecule has 0 aliphatic rings. The molecule has 0 aliphatic heterocycles. The molecule has 0 fully saturated rings. The maximum atomic E-state index is 12.0. The quantitative estimate of drug-likeness (QED) is 0.618. The zero-order valence-corrected chi connectivity index (χ0v) is 13.6. The van der Waals surface area contributed by atoms with Gasteiger partial charge in [0.15, 0.2) is 0 Å². The number of halogens is 1. The third-order valence-electron chi connectivity index (χ3n) is 2.75. The van der Waals surface area contributed by atoms with Crippen molar-refractivity contribution in [3.05, 3.63) is 68.8 Å². The molecular formula is C15H13IN2OS. The Kier molecular flexibility index (Phi) is 5.08. The summed E-state index contributed by atoms with van der Waals surface area (Å²) in [4.78, 5) is 12.4. The van der Waals surface area contributed by atoms with E-state index in [0.717, 1.165) is 14.7 Å². The maximum Gasteiger partial charge on any atom is 0.251 e. The van der Waals surface area contributed by atoms with Crippen molar-refractivity contribution in [2.24, 2.45) is 5.73 Å². The van der Waals surface area contributed by atoms with Gasteiger partial charge in [-0.3, -0.25) is 4.79 Å². The lowest BCUT2D eigenvalue weighted by molar-refractivity contribution is 0.0951. The van der Waals surface area contributed by atoms with Crippen molar-refractivity contribution in [1.82, 2.24) is 5.32 Å². The highest BCUT2D eigenvalue weighted by Crippen LogP contribution is 2.09. The van der Waals surface area contributed by atoms with Crippen molar-refractivity contribution < 1.29 is 4.79 Å². The minimum Gasteiger partial charge on any atom is -0.389 e. The maximum absolute atomic E-state index is 12.0. The number of thiocarbonyl (C=S) groups is 1. The summed E-state index contributed by atoms with van der Waals surface area (Å²) in [6.45, 7) is 0.445. The summed E-state index contributed by atoms with van der Waals surface area (Å²) in [7, 11) is 0. The number of carbonyl (C=O) groups is 1. The third-order valence-corrected chi connectivity index (χ3v) is 3.66. The number of benzene rings is 2. The highest BCUT2D eigenvalue weighted by Gasteiger charge is 2.06. The van der Waals surface area contributed by atoms with E-state index in [1.807, 2.05) is 42.5 Å². The summed E-state index contributed by atoms with van der Waals surface area (Å²) in [6, 6.07) is 15.0. The number of rotatable bonds is 4. The average Bonchev–Trinajstić information content (AvgIpc) is 2.45. The Hall–Kier alpha value is -1.47. The highest BCUT2D eigenvalue weighted by molar-refractivity contribution is 14.1. The first kappa shape index (κ1) is 14.9. The van der Waals surface area contributed by atoms with Crippen LogP contribution in [0.4, 0.5) is 0 Å². The molecule has 2 rings (SSSR count). The largest absolute Gasteiger partial charge is 0.389 e. The molecule has 0 heterocycles. The average molecular weight is 396 g/mol. The zero-order valence-electron chi connectivity index (χ0n) is 10.6. The minimum absolute atomic E-state index is 0.0933. The Labute approximate surface area is 136 Å². The lowest BCUT2D eigenvalue weighted by Gasteiger charge is -2.07. The van der Waals surface area contributed by atoms with Crippen LogP contribution in [0.3, 0.4) is 0 Å². The van der Waals surface area contributed by atoms with Crippen molar-refractivity contribution in [3.8, 4) is 0 Å². The molecule has 0 radical (unpaired) electrons. The number of hydrogen-bond donors (Lipinski definition) is 2. The second kappa shape index (κ2) is 6.81. The van der Waals surface area contributed by atoms with Crippen molar-refractivity contribution in [2.45, 2.75) is 6.54 Å². The van der Waals surface area contributed by atoms with Crippen molar-refractivity contribution in [1.29, 1.82) is 0 Å². The predicted molar refractivity (Wildman–Crippen MR) is 92.7 cm³/mol. The van der Waals surface area contributed by atoms with Crippen LogP contribution in [0.15, 0.2) is 48.5 Å².